The third kappa shape index (κ3) is 3.08. The molecule has 98 valence electrons. The third-order valence-corrected chi connectivity index (χ3v) is 4.13. The van der Waals surface area contributed by atoms with Gasteiger partial charge >= 0.3 is 16.1 Å². The molecule has 1 aliphatic rings. The van der Waals surface area contributed by atoms with Gasteiger partial charge in [0.1, 0.15) is 4.90 Å². The Balaban J connectivity index is 2.06. The Bertz CT molecular complexity index is 506. The van der Waals surface area contributed by atoms with Gasteiger partial charge in [0.2, 0.25) is 0 Å². The Morgan fingerprint density at radius 2 is 1.78 bits per heavy atom. The maximum absolute atomic E-state index is 11.8. The van der Waals surface area contributed by atoms with Crippen LogP contribution in [0.15, 0.2) is 35.2 Å². The van der Waals surface area contributed by atoms with E-state index in [0.717, 1.165) is 0 Å². The van der Waals surface area contributed by atoms with E-state index in [4.69, 9.17) is 0 Å². The molecular formula is C12H15NO4S. The van der Waals surface area contributed by atoms with E-state index in [1.165, 1.54) is 12.1 Å². The van der Waals surface area contributed by atoms with Gasteiger partial charge in [0.05, 0.1) is 5.92 Å². The minimum Gasteiger partial charge on any atom is -0.342 e. The summed E-state index contributed by atoms with van der Waals surface area (Å²) >= 11 is 0. The second-order valence-corrected chi connectivity index (χ2v) is 5.74. The summed E-state index contributed by atoms with van der Waals surface area (Å²) in [4.78, 5) is 11.8. The summed E-state index contributed by atoms with van der Waals surface area (Å²) in [6.07, 6.45) is 1.23. The van der Waals surface area contributed by atoms with Crippen LogP contribution in [0.2, 0.25) is 0 Å². The van der Waals surface area contributed by atoms with Crippen LogP contribution < -0.4 is 5.32 Å². The Hall–Kier alpha value is -1.40. The molecule has 0 atom stereocenters. The zero-order chi connectivity index (χ0) is 13.0. The van der Waals surface area contributed by atoms with Crippen LogP contribution >= 0.6 is 0 Å². The molecule has 0 radical (unpaired) electrons. The molecular weight excluding hydrogens is 254 g/mol. The molecule has 0 amide bonds. The van der Waals surface area contributed by atoms with Crippen molar-refractivity contribution in [2.75, 3.05) is 13.1 Å². The van der Waals surface area contributed by atoms with Crippen LogP contribution in [0.25, 0.3) is 0 Å². The van der Waals surface area contributed by atoms with E-state index in [2.05, 4.69) is 9.50 Å². The standard InChI is InChI=1S/C12H15NO4S/c14-12(10-6-8-13-9-7-10)17-18(15,16)11-4-2-1-3-5-11/h1-5,10,13H,6-9H2. The van der Waals surface area contributed by atoms with E-state index >= 15 is 0 Å². The number of benzene rings is 1. The summed E-state index contributed by atoms with van der Waals surface area (Å²) < 4.78 is 28.3. The fourth-order valence-electron chi connectivity index (χ4n) is 1.87. The van der Waals surface area contributed by atoms with E-state index < -0.39 is 16.1 Å². The second kappa shape index (κ2) is 5.49. The number of carbonyl (C=O) groups excluding carboxylic acids is 1. The first-order chi connectivity index (χ1) is 8.59. The number of hydrogen-bond acceptors (Lipinski definition) is 5. The van der Waals surface area contributed by atoms with E-state index in [1.807, 2.05) is 0 Å². The van der Waals surface area contributed by atoms with E-state index in [9.17, 15) is 13.2 Å². The molecule has 1 N–H and O–H groups in total. The molecule has 2 rings (SSSR count). The first-order valence-corrected chi connectivity index (χ1v) is 7.24. The van der Waals surface area contributed by atoms with Crippen LogP contribution in [0.3, 0.4) is 0 Å². The van der Waals surface area contributed by atoms with Crippen LogP contribution in [0.1, 0.15) is 12.8 Å². The molecule has 1 saturated heterocycles. The SMILES string of the molecule is O=C(OS(=O)(=O)c1ccccc1)C1CCNCC1. The lowest BCUT2D eigenvalue weighted by molar-refractivity contribution is -0.139. The lowest BCUT2D eigenvalue weighted by Gasteiger charge is -2.20. The zero-order valence-electron chi connectivity index (χ0n) is 9.83. The highest BCUT2D eigenvalue weighted by molar-refractivity contribution is 7.87. The summed E-state index contributed by atoms with van der Waals surface area (Å²) in [5.41, 5.74) is 0. The molecule has 1 aliphatic heterocycles. The van der Waals surface area contributed by atoms with Crippen molar-refractivity contribution in [1.29, 1.82) is 0 Å². The smallest absolute Gasteiger partial charge is 0.341 e. The number of rotatable bonds is 3. The Labute approximate surface area is 106 Å². The summed E-state index contributed by atoms with van der Waals surface area (Å²) in [7, 11) is -3.98. The quantitative estimate of drug-likeness (QED) is 0.826. The summed E-state index contributed by atoms with van der Waals surface area (Å²) in [5.74, 6) is -0.981. The first-order valence-electron chi connectivity index (χ1n) is 5.84. The monoisotopic (exact) mass is 269 g/mol. The average Bonchev–Trinajstić information content (AvgIpc) is 2.40. The molecule has 1 aromatic rings. The fraction of sp³-hybridized carbons (Fsp3) is 0.417. The highest BCUT2D eigenvalue weighted by atomic mass is 32.2. The molecule has 0 spiro atoms. The Kier molecular flexibility index (Phi) is 3.98. The molecule has 1 heterocycles. The van der Waals surface area contributed by atoms with Gasteiger partial charge in [-0.2, -0.15) is 8.42 Å². The molecule has 5 nitrogen and oxygen atoms in total. The van der Waals surface area contributed by atoms with E-state index in [0.29, 0.717) is 25.9 Å². The van der Waals surface area contributed by atoms with Crippen LogP contribution in [0, 0.1) is 5.92 Å². The van der Waals surface area contributed by atoms with Gasteiger partial charge in [-0.05, 0) is 38.1 Å². The van der Waals surface area contributed by atoms with E-state index in [-0.39, 0.29) is 10.8 Å². The van der Waals surface area contributed by atoms with Crippen molar-refractivity contribution >= 4 is 16.1 Å². The number of carbonyl (C=O) groups is 1. The van der Waals surface area contributed by atoms with Crippen LogP contribution in [0.5, 0.6) is 0 Å². The molecule has 0 aliphatic carbocycles. The normalized spacial score (nSPS) is 17.3. The molecule has 1 fully saturated rings. The van der Waals surface area contributed by atoms with Gasteiger partial charge in [0, 0.05) is 0 Å². The molecule has 0 unspecified atom stereocenters. The lowest BCUT2D eigenvalue weighted by atomic mass is 9.99. The van der Waals surface area contributed by atoms with Gasteiger partial charge < -0.3 is 9.50 Å². The number of hydrogen-bond donors (Lipinski definition) is 1. The van der Waals surface area contributed by atoms with Crippen molar-refractivity contribution in [3.05, 3.63) is 30.3 Å². The zero-order valence-corrected chi connectivity index (χ0v) is 10.7. The number of piperidine rings is 1. The fourth-order valence-corrected chi connectivity index (χ4v) is 2.81. The Morgan fingerprint density at radius 1 is 1.17 bits per heavy atom. The van der Waals surface area contributed by atoms with Gasteiger partial charge in [0.25, 0.3) is 0 Å². The summed E-state index contributed by atoms with van der Waals surface area (Å²) in [6.45, 7) is 1.43. The molecule has 1 aromatic carbocycles. The van der Waals surface area contributed by atoms with Crippen molar-refractivity contribution in [2.24, 2.45) is 5.92 Å². The average molecular weight is 269 g/mol. The largest absolute Gasteiger partial charge is 0.342 e. The van der Waals surface area contributed by atoms with E-state index in [1.54, 1.807) is 18.2 Å². The van der Waals surface area contributed by atoms with Crippen molar-refractivity contribution in [1.82, 2.24) is 5.32 Å². The highest BCUT2D eigenvalue weighted by Crippen LogP contribution is 2.18. The summed E-state index contributed by atoms with van der Waals surface area (Å²) in [6, 6.07) is 7.69. The predicted molar refractivity (Wildman–Crippen MR) is 65.3 cm³/mol. The maximum atomic E-state index is 11.8. The molecule has 18 heavy (non-hydrogen) atoms. The van der Waals surface area contributed by atoms with Gasteiger partial charge in [-0.25, -0.2) is 0 Å². The van der Waals surface area contributed by atoms with Crippen LogP contribution in [0.4, 0.5) is 0 Å². The van der Waals surface area contributed by atoms with Crippen molar-refractivity contribution in [2.45, 2.75) is 17.7 Å². The second-order valence-electron chi connectivity index (χ2n) is 4.19. The molecule has 6 heteroatoms. The van der Waals surface area contributed by atoms with Crippen molar-refractivity contribution in [3.8, 4) is 0 Å². The molecule has 0 aromatic heterocycles. The van der Waals surface area contributed by atoms with Gasteiger partial charge in [-0.15, -0.1) is 0 Å². The topological polar surface area (TPSA) is 72.5 Å². The van der Waals surface area contributed by atoms with Crippen molar-refractivity contribution in [3.63, 3.8) is 0 Å². The lowest BCUT2D eigenvalue weighted by Crippen LogP contribution is -2.33. The first kappa shape index (κ1) is 13.0. The predicted octanol–water partition coefficient (Wildman–Crippen LogP) is 0.918. The maximum Gasteiger partial charge on any atom is 0.341 e. The summed E-state index contributed by atoms with van der Waals surface area (Å²) in [5, 5.41) is 3.11. The van der Waals surface area contributed by atoms with Crippen molar-refractivity contribution < 1.29 is 17.4 Å². The number of nitrogens with one attached hydrogen (secondary N) is 1. The molecule has 0 saturated carbocycles. The minimum atomic E-state index is -3.98. The Morgan fingerprint density at radius 3 is 2.39 bits per heavy atom. The van der Waals surface area contributed by atoms with Gasteiger partial charge in [0.15, 0.2) is 0 Å². The van der Waals surface area contributed by atoms with Crippen LogP contribution in [-0.4, -0.2) is 27.5 Å². The van der Waals surface area contributed by atoms with Gasteiger partial charge in [-0.3, -0.25) is 4.79 Å². The van der Waals surface area contributed by atoms with Crippen LogP contribution in [-0.2, 0) is 19.1 Å². The molecule has 0 bridgehead atoms. The highest BCUT2D eigenvalue weighted by Gasteiger charge is 2.27. The van der Waals surface area contributed by atoms with Gasteiger partial charge in [-0.1, -0.05) is 18.2 Å². The minimum absolute atomic E-state index is 0.00674. The third-order valence-electron chi connectivity index (χ3n) is 2.90.